The Kier molecular flexibility index (Phi) is 5.94. The van der Waals surface area contributed by atoms with E-state index in [4.69, 9.17) is 0 Å². The van der Waals surface area contributed by atoms with Crippen molar-refractivity contribution in [2.75, 3.05) is 31.1 Å². The van der Waals surface area contributed by atoms with E-state index in [0.717, 1.165) is 46.3 Å². The Balaban J connectivity index is 1.28. The molecular weight excluding hydrogens is 477 g/mol. The van der Waals surface area contributed by atoms with Gasteiger partial charge in [-0.1, -0.05) is 42.5 Å². The van der Waals surface area contributed by atoms with Gasteiger partial charge in [-0.15, -0.1) is 10.2 Å². The fraction of sp³-hybridized carbons (Fsp3) is 0.200. The van der Waals surface area contributed by atoms with Crippen molar-refractivity contribution in [2.24, 2.45) is 0 Å². The van der Waals surface area contributed by atoms with Crippen LogP contribution in [0.25, 0.3) is 22.0 Å². The van der Waals surface area contributed by atoms with Gasteiger partial charge in [0, 0.05) is 31.7 Å². The highest BCUT2D eigenvalue weighted by Crippen LogP contribution is 2.31. The molecule has 4 aromatic rings. The number of fused-ring (bicyclic) bond motifs is 1. The highest BCUT2D eigenvalue weighted by atomic mass is 32.2. The zero-order valence-electron chi connectivity index (χ0n) is 18.5. The lowest BCUT2D eigenvalue weighted by Gasteiger charge is -2.34. The maximum Gasteiger partial charge on any atom is 0.416 e. The van der Waals surface area contributed by atoms with Crippen LogP contribution < -0.4 is 4.90 Å². The van der Waals surface area contributed by atoms with E-state index in [0.29, 0.717) is 18.9 Å². The fourth-order valence-corrected chi connectivity index (χ4v) is 5.63. The first-order valence-electron chi connectivity index (χ1n) is 11.0. The minimum Gasteiger partial charge on any atom is -0.352 e. The van der Waals surface area contributed by atoms with Crippen molar-refractivity contribution in [3.8, 4) is 11.3 Å². The zero-order chi connectivity index (χ0) is 24.6. The normalized spacial score (nSPS) is 15.5. The molecule has 35 heavy (non-hydrogen) atoms. The molecule has 0 N–H and O–H groups in total. The molecule has 0 unspecified atom stereocenters. The number of aromatic nitrogens is 2. The standard InChI is InChI=1S/C25H21F3N4O2S/c26-25(27,28)19-8-10-20(11-9-19)35(33,34)32-16-14-31(15-17-32)24-13-12-23(29-30-24)22-7-3-5-18-4-1-2-6-21(18)22/h1-13H,14-17H2. The topological polar surface area (TPSA) is 66.4 Å². The third kappa shape index (κ3) is 4.59. The quantitative estimate of drug-likeness (QED) is 0.403. The maximum atomic E-state index is 12.9. The van der Waals surface area contributed by atoms with Gasteiger partial charge in [0.25, 0.3) is 0 Å². The Morgan fingerprint density at radius 1 is 0.743 bits per heavy atom. The summed E-state index contributed by atoms with van der Waals surface area (Å²) in [6.07, 6.45) is -4.52. The second kappa shape index (κ2) is 8.94. The number of hydrogen-bond acceptors (Lipinski definition) is 5. The van der Waals surface area contributed by atoms with Crippen LogP contribution in [0, 0.1) is 0 Å². The number of nitrogens with zero attached hydrogens (tertiary/aromatic N) is 4. The molecule has 0 saturated carbocycles. The van der Waals surface area contributed by atoms with Gasteiger partial charge in [-0.3, -0.25) is 0 Å². The van der Waals surface area contributed by atoms with Gasteiger partial charge in [0.1, 0.15) is 0 Å². The summed E-state index contributed by atoms with van der Waals surface area (Å²) in [7, 11) is -3.89. The van der Waals surface area contributed by atoms with Gasteiger partial charge in [-0.25, -0.2) is 8.42 Å². The summed E-state index contributed by atoms with van der Waals surface area (Å²) in [6, 6.07) is 21.4. The molecular formula is C25H21F3N4O2S. The van der Waals surface area contributed by atoms with E-state index in [1.165, 1.54) is 4.31 Å². The number of anilines is 1. The molecule has 1 aliphatic heterocycles. The molecule has 6 nitrogen and oxygen atoms in total. The molecule has 10 heteroatoms. The summed E-state index contributed by atoms with van der Waals surface area (Å²) in [5, 5.41) is 11.0. The molecule has 0 spiro atoms. The average molecular weight is 499 g/mol. The monoisotopic (exact) mass is 498 g/mol. The number of alkyl halides is 3. The lowest BCUT2D eigenvalue weighted by Crippen LogP contribution is -2.49. The Morgan fingerprint density at radius 3 is 2.09 bits per heavy atom. The van der Waals surface area contributed by atoms with Crippen molar-refractivity contribution in [1.29, 1.82) is 0 Å². The molecule has 1 aliphatic rings. The predicted molar refractivity (Wildman–Crippen MR) is 127 cm³/mol. The molecule has 0 radical (unpaired) electrons. The van der Waals surface area contributed by atoms with E-state index < -0.39 is 21.8 Å². The summed E-state index contributed by atoms with van der Waals surface area (Å²) in [6.45, 7) is 1.16. The van der Waals surface area contributed by atoms with Crippen molar-refractivity contribution < 1.29 is 21.6 Å². The van der Waals surface area contributed by atoms with Gasteiger partial charge in [0.15, 0.2) is 5.82 Å². The smallest absolute Gasteiger partial charge is 0.352 e. The van der Waals surface area contributed by atoms with Gasteiger partial charge < -0.3 is 4.90 Å². The Hall–Kier alpha value is -3.50. The van der Waals surface area contributed by atoms with Crippen molar-refractivity contribution >= 4 is 26.6 Å². The van der Waals surface area contributed by atoms with Crippen LogP contribution >= 0.6 is 0 Å². The highest BCUT2D eigenvalue weighted by molar-refractivity contribution is 7.89. The first kappa shape index (κ1) is 23.3. The van der Waals surface area contributed by atoms with E-state index in [2.05, 4.69) is 10.2 Å². The summed E-state index contributed by atoms with van der Waals surface area (Å²) in [5.74, 6) is 0.639. The van der Waals surface area contributed by atoms with E-state index in [-0.39, 0.29) is 18.0 Å². The molecule has 0 amide bonds. The summed E-state index contributed by atoms with van der Waals surface area (Å²) < 4.78 is 65.4. The lowest BCUT2D eigenvalue weighted by atomic mass is 10.0. The molecule has 2 heterocycles. The number of rotatable bonds is 4. The molecule has 0 atom stereocenters. The third-order valence-corrected chi connectivity index (χ3v) is 8.01. The number of piperazine rings is 1. The van der Waals surface area contributed by atoms with Gasteiger partial charge in [0.2, 0.25) is 10.0 Å². The van der Waals surface area contributed by atoms with E-state index in [1.54, 1.807) is 0 Å². The fourth-order valence-electron chi connectivity index (χ4n) is 4.21. The summed E-state index contributed by atoms with van der Waals surface area (Å²) in [5.41, 5.74) is 0.843. The Bertz CT molecular complexity index is 1440. The van der Waals surface area contributed by atoms with Crippen LogP contribution in [-0.2, 0) is 16.2 Å². The SMILES string of the molecule is O=S(=O)(c1ccc(C(F)(F)F)cc1)N1CCN(c2ccc(-c3cccc4ccccc34)nn2)CC1. The van der Waals surface area contributed by atoms with Crippen LogP contribution in [0.3, 0.4) is 0 Å². The van der Waals surface area contributed by atoms with E-state index in [9.17, 15) is 21.6 Å². The van der Waals surface area contributed by atoms with Crippen molar-refractivity contribution in [1.82, 2.24) is 14.5 Å². The van der Waals surface area contributed by atoms with Crippen LogP contribution in [0.2, 0.25) is 0 Å². The Morgan fingerprint density at radius 2 is 1.43 bits per heavy atom. The molecule has 1 aromatic heterocycles. The summed E-state index contributed by atoms with van der Waals surface area (Å²) >= 11 is 0. The molecule has 0 bridgehead atoms. The number of hydrogen-bond donors (Lipinski definition) is 0. The molecule has 5 rings (SSSR count). The second-order valence-corrected chi connectivity index (χ2v) is 10.2. The van der Waals surface area contributed by atoms with Crippen LogP contribution in [0.1, 0.15) is 5.56 Å². The molecule has 3 aromatic carbocycles. The van der Waals surface area contributed by atoms with Gasteiger partial charge in [0.05, 0.1) is 16.2 Å². The lowest BCUT2D eigenvalue weighted by molar-refractivity contribution is -0.137. The molecule has 0 aliphatic carbocycles. The van der Waals surface area contributed by atoms with Crippen molar-refractivity contribution in [2.45, 2.75) is 11.1 Å². The highest BCUT2D eigenvalue weighted by Gasteiger charge is 2.32. The minimum atomic E-state index is -4.52. The molecule has 1 fully saturated rings. The van der Waals surface area contributed by atoms with Crippen LogP contribution in [0.4, 0.5) is 19.0 Å². The first-order chi connectivity index (χ1) is 16.7. The van der Waals surface area contributed by atoms with Crippen molar-refractivity contribution in [3.63, 3.8) is 0 Å². The number of sulfonamides is 1. The second-order valence-electron chi connectivity index (χ2n) is 8.22. The minimum absolute atomic E-state index is 0.154. The van der Waals surface area contributed by atoms with E-state index >= 15 is 0 Å². The first-order valence-corrected chi connectivity index (χ1v) is 12.4. The largest absolute Gasteiger partial charge is 0.416 e. The number of halogens is 3. The number of benzene rings is 3. The van der Waals surface area contributed by atoms with Gasteiger partial charge >= 0.3 is 6.18 Å². The predicted octanol–water partition coefficient (Wildman–Crippen LogP) is 4.83. The van der Waals surface area contributed by atoms with Crippen LogP contribution in [-0.4, -0.2) is 49.1 Å². The molecule has 180 valence electrons. The van der Waals surface area contributed by atoms with E-state index in [1.807, 2.05) is 59.5 Å². The average Bonchev–Trinajstić information content (AvgIpc) is 2.88. The van der Waals surface area contributed by atoms with Crippen LogP contribution in [0.5, 0.6) is 0 Å². The zero-order valence-corrected chi connectivity index (χ0v) is 19.3. The van der Waals surface area contributed by atoms with Gasteiger partial charge in [-0.2, -0.15) is 17.5 Å². The maximum absolute atomic E-state index is 12.9. The summed E-state index contributed by atoms with van der Waals surface area (Å²) in [4.78, 5) is 1.79. The van der Waals surface area contributed by atoms with Gasteiger partial charge in [-0.05, 0) is 47.2 Å². The Labute approximate surface area is 200 Å². The van der Waals surface area contributed by atoms with Crippen molar-refractivity contribution in [3.05, 3.63) is 84.4 Å². The molecule has 1 saturated heterocycles. The van der Waals surface area contributed by atoms with Crippen LogP contribution in [0.15, 0.2) is 83.8 Å². The third-order valence-electron chi connectivity index (χ3n) is 6.10.